The van der Waals surface area contributed by atoms with E-state index in [1.165, 1.54) is 18.4 Å². The molecule has 0 amide bonds. The van der Waals surface area contributed by atoms with Crippen molar-refractivity contribution in [1.29, 1.82) is 0 Å². The van der Waals surface area contributed by atoms with E-state index in [2.05, 4.69) is 4.99 Å². The molecular weight excluding hydrogens is 428 g/mol. The number of ether oxygens (including phenoxy) is 3. The van der Waals surface area contributed by atoms with Gasteiger partial charge in [-0.2, -0.15) is 0 Å². The minimum atomic E-state index is -0.618. The number of allylic oxidation sites excluding steroid dienone is 1. The summed E-state index contributed by atoms with van der Waals surface area (Å²) in [5, 5.41) is 0. The van der Waals surface area contributed by atoms with Crippen molar-refractivity contribution in [1.82, 2.24) is 4.57 Å². The maximum atomic E-state index is 13.5. The summed E-state index contributed by atoms with van der Waals surface area (Å²) in [6.45, 7) is 1.76. The summed E-state index contributed by atoms with van der Waals surface area (Å²) in [6.07, 6.45) is 1.78. The Morgan fingerprint density at radius 2 is 1.78 bits per heavy atom. The van der Waals surface area contributed by atoms with Crippen LogP contribution < -0.4 is 24.4 Å². The molecule has 1 aliphatic heterocycles. The fourth-order valence-electron chi connectivity index (χ4n) is 3.74. The first kappa shape index (κ1) is 21.6. The van der Waals surface area contributed by atoms with Crippen LogP contribution in [0.4, 0.5) is 0 Å². The van der Waals surface area contributed by atoms with Gasteiger partial charge in [-0.3, -0.25) is 9.36 Å². The van der Waals surface area contributed by atoms with Crippen LogP contribution in [0.1, 0.15) is 24.1 Å². The number of hydrogen-bond acceptors (Lipinski definition) is 7. The lowest BCUT2D eigenvalue weighted by Gasteiger charge is -2.24. The van der Waals surface area contributed by atoms with Crippen LogP contribution in [0.25, 0.3) is 6.08 Å². The third-order valence-corrected chi connectivity index (χ3v) is 6.23. The van der Waals surface area contributed by atoms with E-state index < -0.39 is 12.0 Å². The van der Waals surface area contributed by atoms with Crippen molar-refractivity contribution < 1.29 is 19.0 Å². The Bertz CT molecular complexity index is 1390. The molecule has 164 valence electrons. The molecule has 0 spiro atoms. The molecule has 0 saturated heterocycles. The average Bonchev–Trinajstić information content (AvgIpc) is 3.12. The van der Waals surface area contributed by atoms with Crippen LogP contribution in [0.3, 0.4) is 0 Å². The number of methoxy groups -OCH3 is 3. The molecule has 0 radical (unpaired) electrons. The fraction of sp³-hybridized carbons (Fsp3) is 0.208. The van der Waals surface area contributed by atoms with E-state index in [0.29, 0.717) is 32.1 Å². The number of carbonyl (C=O) groups is 1. The summed E-state index contributed by atoms with van der Waals surface area (Å²) in [7, 11) is 4.46. The van der Waals surface area contributed by atoms with Gasteiger partial charge in [0.05, 0.1) is 43.2 Å². The highest BCUT2D eigenvalue weighted by molar-refractivity contribution is 7.07. The van der Waals surface area contributed by atoms with Crippen LogP contribution >= 0.6 is 11.3 Å². The zero-order valence-corrected chi connectivity index (χ0v) is 18.9. The Kier molecular flexibility index (Phi) is 5.96. The Hall–Kier alpha value is -3.65. The quantitative estimate of drug-likeness (QED) is 0.558. The second-order valence-electron chi connectivity index (χ2n) is 7.10. The van der Waals surface area contributed by atoms with Gasteiger partial charge in [0.2, 0.25) is 0 Å². The molecule has 7 nitrogen and oxygen atoms in total. The molecule has 8 heteroatoms. The summed E-state index contributed by atoms with van der Waals surface area (Å²) in [5.74, 6) is 0.669. The van der Waals surface area contributed by atoms with Crippen molar-refractivity contribution in [2.24, 2.45) is 4.99 Å². The second-order valence-corrected chi connectivity index (χ2v) is 8.11. The molecule has 4 rings (SSSR count). The smallest absolute Gasteiger partial charge is 0.338 e. The molecule has 1 aliphatic rings. The molecule has 0 N–H and O–H groups in total. The highest BCUT2D eigenvalue weighted by atomic mass is 32.1. The summed E-state index contributed by atoms with van der Waals surface area (Å²) >= 11 is 1.27. The standard InChI is InChI=1S/C24H22N2O5S/c1-14-20(23(28)31-4)21(16-8-6-5-7-9-16)26-22(27)19(32-24(26)25-14)13-15-10-11-17(29-2)18(12-15)30-3/h5-13,21H,1-4H3/b19-13-/t21-/m0/s1. The number of rotatable bonds is 5. The van der Waals surface area contributed by atoms with E-state index in [4.69, 9.17) is 14.2 Å². The second kappa shape index (κ2) is 8.84. The third kappa shape index (κ3) is 3.73. The maximum Gasteiger partial charge on any atom is 0.338 e. The van der Waals surface area contributed by atoms with Gasteiger partial charge in [-0.25, -0.2) is 9.79 Å². The lowest BCUT2D eigenvalue weighted by atomic mass is 9.96. The van der Waals surface area contributed by atoms with Crippen molar-refractivity contribution in [3.05, 3.63) is 90.6 Å². The largest absolute Gasteiger partial charge is 0.493 e. The number of thiazole rings is 1. The van der Waals surface area contributed by atoms with E-state index >= 15 is 0 Å². The van der Waals surface area contributed by atoms with E-state index in [1.807, 2.05) is 36.4 Å². The molecule has 1 atom stereocenters. The number of nitrogens with zero attached hydrogens (tertiary/aromatic N) is 2. The minimum absolute atomic E-state index is 0.230. The van der Waals surface area contributed by atoms with Crippen LogP contribution in [0, 0.1) is 0 Å². The Morgan fingerprint density at radius 3 is 2.44 bits per heavy atom. The van der Waals surface area contributed by atoms with Crippen LogP contribution in [0.2, 0.25) is 0 Å². The van der Waals surface area contributed by atoms with Gasteiger partial charge in [0.1, 0.15) is 0 Å². The molecule has 0 fully saturated rings. The normalized spacial score (nSPS) is 15.8. The lowest BCUT2D eigenvalue weighted by molar-refractivity contribution is -0.136. The lowest BCUT2D eigenvalue weighted by Crippen LogP contribution is -2.39. The monoisotopic (exact) mass is 450 g/mol. The zero-order valence-electron chi connectivity index (χ0n) is 18.1. The third-order valence-electron chi connectivity index (χ3n) is 5.25. The Morgan fingerprint density at radius 1 is 1.06 bits per heavy atom. The highest BCUT2D eigenvalue weighted by Crippen LogP contribution is 2.30. The minimum Gasteiger partial charge on any atom is -0.493 e. The first-order valence-corrected chi connectivity index (χ1v) is 10.7. The van der Waals surface area contributed by atoms with E-state index in [0.717, 1.165) is 11.1 Å². The van der Waals surface area contributed by atoms with Crippen molar-refractivity contribution in [3.8, 4) is 11.5 Å². The van der Waals surface area contributed by atoms with Gasteiger partial charge in [0, 0.05) is 0 Å². The first-order valence-electron chi connectivity index (χ1n) is 9.86. The van der Waals surface area contributed by atoms with Crippen LogP contribution in [-0.2, 0) is 9.53 Å². The van der Waals surface area contributed by atoms with Gasteiger partial charge in [0.15, 0.2) is 16.3 Å². The van der Waals surface area contributed by atoms with Crippen LogP contribution in [0.5, 0.6) is 11.5 Å². The molecule has 2 aromatic carbocycles. The van der Waals surface area contributed by atoms with Gasteiger partial charge in [0.25, 0.3) is 5.56 Å². The molecule has 0 saturated carbocycles. The first-order chi connectivity index (χ1) is 15.5. The summed E-state index contributed by atoms with van der Waals surface area (Å²) in [4.78, 5) is 31.2. The van der Waals surface area contributed by atoms with Crippen molar-refractivity contribution in [2.45, 2.75) is 13.0 Å². The molecule has 2 heterocycles. The highest BCUT2D eigenvalue weighted by Gasteiger charge is 2.32. The molecular formula is C24H22N2O5S. The summed E-state index contributed by atoms with van der Waals surface area (Å²) in [6, 6.07) is 14.2. The average molecular weight is 451 g/mol. The van der Waals surface area contributed by atoms with Gasteiger partial charge in [-0.05, 0) is 36.3 Å². The summed E-state index contributed by atoms with van der Waals surface area (Å²) < 4.78 is 17.7. The number of benzene rings is 2. The predicted octanol–water partition coefficient (Wildman–Crippen LogP) is 2.43. The number of esters is 1. The van der Waals surface area contributed by atoms with Crippen LogP contribution in [0.15, 0.2) is 69.6 Å². The zero-order chi connectivity index (χ0) is 22.8. The Balaban J connectivity index is 1.93. The number of carbonyl (C=O) groups excluding carboxylic acids is 1. The van der Waals surface area contributed by atoms with Gasteiger partial charge < -0.3 is 14.2 Å². The number of hydrogen-bond donors (Lipinski definition) is 0. The van der Waals surface area contributed by atoms with Crippen molar-refractivity contribution in [3.63, 3.8) is 0 Å². The Labute approximate surface area is 188 Å². The predicted molar refractivity (Wildman–Crippen MR) is 122 cm³/mol. The molecule has 0 bridgehead atoms. The number of aromatic nitrogens is 1. The van der Waals surface area contributed by atoms with Gasteiger partial charge >= 0.3 is 5.97 Å². The molecule has 0 aliphatic carbocycles. The van der Waals surface area contributed by atoms with Crippen molar-refractivity contribution >= 4 is 23.4 Å². The van der Waals surface area contributed by atoms with E-state index in [-0.39, 0.29) is 5.56 Å². The van der Waals surface area contributed by atoms with Gasteiger partial charge in [-0.15, -0.1) is 0 Å². The van der Waals surface area contributed by atoms with Gasteiger partial charge in [-0.1, -0.05) is 47.7 Å². The molecule has 3 aromatic rings. The van der Waals surface area contributed by atoms with E-state index in [9.17, 15) is 9.59 Å². The maximum absolute atomic E-state index is 13.5. The SMILES string of the molecule is COC(=O)C1=C(C)N=c2s/c(=C\c3ccc(OC)c(OC)c3)c(=O)n2[C@H]1c1ccccc1. The molecule has 0 unspecified atom stereocenters. The van der Waals surface area contributed by atoms with Crippen LogP contribution in [-0.4, -0.2) is 31.9 Å². The molecule has 1 aromatic heterocycles. The van der Waals surface area contributed by atoms with Crippen molar-refractivity contribution in [2.75, 3.05) is 21.3 Å². The van der Waals surface area contributed by atoms with E-state index in [1.54, 1.807) is 43.9 Å². The molecule has 32 heavy (non-hydrogen) atoms. The fourth-order valence-corrected chi connectivity index (χ4v) is 4.78. The topological polar surface area (TPSA) is 79.1 Å². The summed E-state index contributed by atoms with van der Waals surface area (Å²) in [5.41, 5.74) is 2.24. The number of fused-ring (bicyclic) bond motifs is 1.